The van der Waals surface area contributed by atoms with Crippen LogP contribution in [0.3, 0.4) is 0 Å². The van der Waals surface area contributed by atoms with Gasteiger partial charge in [-0.2, -0.15) is 0 Å². The van der Waals surface area contributed by atoms with E-state index in [2.05, 4.69) is 6.92 Å². The minimum atomic E-state index is -0.858. The standard InChI is InChI=1S/C15H23NO2/c1-4-5-12-6-8-13(9-7-12)15(16,11(2)3)10-14(17)18/h6-9,11H,4-5,10,16H2,1-3H3,(H,17,18). The fourth-order valence-corrected chi connectivity index (χ4v) is 2.16. The molecule has 18 heavy (non-hydrogen) atoms. The van der Waals surface area contributed by atoms with Gasteiger partial charge < -0.3 is 10.8 Å². The van der Waals surface area contributed by atoms with E-state index in [4.69, 9.17) is 10.8 Å². The number of hydrogen-bond acceptors (Lipinski definition) is 2. The van der Waals surface area contributed by atoms with Crippen molar-refractivity contribution in [3.05, 3.63) is 35.4 Å². The summed E-state index contributed by atoms with van der Waals surface area (Å²) in [4.78, 5) is 11.0. The third-order valence-electron chi connectivity index (χ3n) is 3.50. The first kappa shape index (κ1) is 14.7. The van der Waals surface area contributed by atoms with E-state index in [-0.39, 0.29) is 12.3 Å². The molecule has 0 radical (unpaired) electrons. The normalized spacial score (nSPS) is 14.5. The van der Waals surface area contributed by atoms with E-state index in [0.717, 1.165) is 18.4 Å². The predicted molar refractivity (Wildman–Crippen MR) is 73.4 cm³/mol. The average molecular weight is 249 g/mol. The summed E-state index contributed by atoms with van der Waals surface area (Å²) in [5.41, 5.74) is 7.68. The Morgan fingerprint density at radius 3 is 2.28 bits per heavy atom. The van der Waals surface area contributed by atoms with E-state index < -0.39 is 11.5 Å². The van der Waals surface area contributed by atoms with Gasteiger partial charge in [-0.25, -0.2) is 0 Å². The van der Waals surface area contributed by atoms with Crippen molar-refractivity contribution in [3.63, 3.8) is 0 Å². The molecular weight excluding hydrogens is 226 g/mol. The summed E-state index contributed by atoms with van der Waals surface area (Å²) in [5.74, 6) is -0.783. The van der Waals surface area contributed by atoms with Gasteiger partial charge in [0.25, 0.3) is 0 Å². The molecule has 1 rings (SSSR count). The molecule has 3 N–H and O–H groups in total. The monoisotopic (exact) mass is 249 g/mol. The second kappa shape index (κ2) is 6.01. The Morgan fingerprint density at radius 2 is 1.89 bits per heavy atom. The fourth-order valence-electron chi connectivity index (χ4n) is 2.16. The summed E-state index contributed by atoms with van der Waals surface area (Å²) < 4.78 is 0. The van der Waals surface area contributed by atoms with Gasteiger partial charge in [0.1, 0.15) is 0 Å². The number of hydrogen-bond donors (Lipinski definition) is 2. The van der Waals surface area contributed by atoms with Crippen LogP contribution in [0.25, 0.3) is 0 Å². The molecule has 0 aliphatic rings. The van der Waals surface area contributed by atoms with Crippen molar-refractivity contribution >= 4 is 5.97 Å². The molecule has 0 spiro atoms. The van der Waals surface area contributed by atoms with Gasteiger partial charge in [0.15, 0.2) is 0 Å². The van der Waals surface area contributed by atoms with Gasteiger partial charge >= 0.3 is 5.97 Å². The summed E-state index contributed by atoms with van der Waals surface area (Å²) in [5, 5.41) is 9.02. The lowest BCUT2D eigenvalue weighted by molar-refractivity contribution is -0.139. The van der Waals surface area contributed by atoms with Gasteiger partial charge in [0.2, 0.25) is 0 Å². The van der Waals surface area contributed by atoms with Crippen molar-refractivity contribution in [1.82, 2.24) is 0 Å². The average Bonchev–Trinajstić information content (AvgIpc) is 2.29. The Balaban J connectivity index is 3.02. The van der Waals surface area contributed by atoms with Crippen LogP contribution >= 0.6 is 0 Å². The highest BCUT2D eigenvalue weighted by Gasteiger charge is 2.33. The van der Waals surface area contributed by atoms with Crippen LogP contribution in [0.1, 0.15) is 44.7 Å². The van der Waals surface area contributed by atoms with Gasteiger partial charge in [-0.3, -0.25) is 4.79 Å². The number of aryl methyl sites for hydroxylation is 1. The maximum atomic E-state index is 11.0. The molecule has 0 aromatic heterocycles. The summed E-state index contributed by atoms with van der Waals surface area (Å²) >= 11 is 0. The molecule has 1 atom stereocenters. The highest BCUT2D eigenvalue weighted by atomic mass is 16.4. The largest absolute Gasteiger partial charge is 0.481 e. The molecule has 3 nitrogen and oxygen atoms in total. The molecule has 100 valence electrons. The molecule has 1 aromatic carbocycles. The molecule has 0 amide bonds. The number of rotatable bonds is 6. The van der Waals surface area contributed by atoms with Gasteiger partial charge in [0, 0.05) is 0 Å². The number of carbonyl (C=O) groups is 1. The zero-order valence-electron chi connectivity index (χ0n) is 11.4. The van der Waals surface area contributed by atoms with Gasteiger partial charge in [0.05, 0.1) is 12.0 Å². The van der Waals surface area contributed by atoms with Crippen LogP contribution in [0, 0.1) is 5.92 Å². The highest BCUT2D eigenvalue weighted by Crippen LogP contribution is 2.30. The predicted octanol–water partition coefficient (Wildman–Crippen LogP) is 2.92. The first-order valence-corrected chi connectivity index (χ1v) is 6.50. The van der Waals surface area contributed by atoms with Gasteiger partial charge in [-0.1, -0.05) is 51.5 Å². The lowest BCUT2D eigenvalue weighted by Crippen LogP contribution is -2.43. The number of nitrogens with two attached hydrogens (primary N) is 1. The summed E-state index contributed by atoms with van der Waals surface area (Å²) in [7, 11) is 0. The maximum absolute atomic E-state index is 11.0. The van der Waals surface area contributed by atoms with Crippen LogP contribution in [-0.2, 0) is 16.8 Å². The first-order valence-electron chi connectivity index (χ1n) is 6.50. The summed E-state index contributed by atoms with van der Waals surface area (Å²) in [6.07, 6.45) is 2.10. The Hall–Kier alpha value is -1.35. The third kappa shape index (κ3) is 3.33. The number of carboxylic acids is 1. The van der Waals surface area contributed by atoms with Crippen LogP contribution in [0.4, 0.5) is 0 Å². The van der Waals surface area contributed by atoms with Crippen LogP contribution in [0.2, 0.25) is 0 Å². The molecule has 0 saturated carbocycles. The van der Waals surface area contributed by atoms with Crippen molar-refractivity contribution in [2.24, 2.45) is 11.7 Å². The summed E-state index contributed by atoms with van der Waals surface area (Å²) in [6, 6.07) is 8.03. The minimum absolute atomic E-state index is 0.0439. The summed E-state index contributed by atoms with van der Waals surface area (Å²) in [6.45, 7) is 6.06. The molecular formula is C15H23NO2. The second-order valence-electron chi connectivity index (χ2n) is 5.21. The molecule has 1 aromatic rings. The Bertz CT molecular complexity index is 397. The minimum Gasteiger partial charge on any atom is -0.481 e. The van der Waals surface area contributed by atoms with Crippen LogP contribution in [0.5, 0.6) is 0 Å². The van der Waals surface area contributed by atoms with Crippen LogP contribution in [-0.4, -0.2) is 11.1 Å². The molecule has 1 unspecified atom stereocenters. The molecule has 0 aliphatic carbocycles. The third-order valence-corrected chi connectivity index (χ3v) is 3.50. The molecule has 0 aliphatic heterocycles. The van der Waals surface area contributed by atoms with Crippen molar-refractivity contribution < 1.29 is 9.90 Å². The smallest absolute Gasteiger partial charge is 0.305 e. The molecule has 0 fully saturated rings. The topological polar surface area (TPSA) is 63.3 Å². The number of aliphatic carboxylic acids is 1. The van der Waals surface area contributed by atoms with Crippen LogP contribution < -0.4 is 5.73 Å². The van der Waals surface area contributed by atoms with E-state index in [1.165, 1.54) is 5.56 Å². The fraction of sp³-hybridized carbons (Fsp3) is 0.533. The van der Waals surface area contributed by atoms with Gasteiger partial charge in [-0.15, -0.1) is 0 Å². The van der Waals surface area contributed by atoms with Crippen LogP contribution in [0.15, 0.2) is 24.3 Å². The lowest BCUT2D eigenvalue weighted by Gasteiger charge is -2.33. The van der Waals surface area contributed by atoms with Crippen molar-refractivity contribution in [1.29, 1.82) is 0 Å². The Morgan fingerprint density at radius 1 is 1.33 bits per heavy atom. The Labute approximate surface area is 109 Å². The van der Waals surface area contributed by atoms with E-state index >= 15 is 0 Å². The van der Waals surface area contributed by atoms with Crippen molar-refractivity contribution in [3.8, 4) is 0 Å². The van der Waals surface area contributed by atoms with E-state index in [1.54, 1.807) is 0 Å². The highest BCUT2D eigenvalue weighted by molar-refractivity contribution is 5.69. The quantitative estimate of drug-likeness (QED) is 0.814. The van der Waals surface area contributed by atoms with E-state index in [1.807, 2.05) is 38.1 Å². The zero-order valence-corrected chi connectivity index (χ0v) is 11.4. The first-order chi connectivity index (χ1) is 8.40. The maximum Gasteiger partial charge on any atom is 0.305 e. The molecule has 0 saturated heterocycles. The number of benzene rings is 1. The van der Waals surface area contributed by atoms with Gasteiger partial charge in [-0.05, 0) is 23.5 Å². The van der Waals surface area contributed by atoms with E-state index in [0.29, 0.717) is 0 Å². The molecule has 0 heterocycles. The molecule has 3 heteroatoms. The lowest BCUT2D eigenvalue weighted by atomic mass is 9.78. The Kier molecular flexibility index (Phi) is 4.91. The second-order valence-corrected chi connectivity index (χ2v) is 5.21. The number of carboxylic acid groups (broad SMARTS) is 1. The van der Waals surface area contributed by atoms with E-state index in [9.17, 15) is 4.79 Å². The SMILES string of the molecule is CCCc1ccc(C(N)(CC(=O)O)C(C)C)cc1. The zero-order chi connectivity index (χ0) is 13.8. The van der Waals surface area contributed by atoms with Crippen molar-refractivity contribution in [2.45, 2.75) is 45.6 Å². The van der Waals surface area contributed by atoms with Crippen molar-refractivity contribution in [2.75, 3.05) is 0 Å². The molecule has 0 bridgehead atoms.